The van der Waals surface area contributed by atoms with Crippen LogP contribution in [0.2, 0.25) is 0 Å². The van der Waals surface area contributed by atoms with Crippen LogP contribution in [0, 0.1) is 0 Å². The first kappa shape index (κ1) is 20.5. The molecule has 148 valence electrons. The molecule has 0 atom stereocenters. The van der Waals surface area contributed by atoms with Gasteiger partial charge in [-0.1, -0.05) is 0 Å². The molecule has 1 aromatic carbocycles. The van der Waals surface area contributed by atoms with Gasteiger partial charge in [-0.15, -0.1) is 0 Å². The number of nitrogens with one attached hydrogen (secondary N) is 1. The summed E-state index contributed by atoms with van der Waals surface area (Å²) < 4.78 is 46.8. The van der Waals surface area contributed by atoms with E-state index in [-0.39, 0.29) is 44.3 Å². The summed E-state index contributed by atoms with van der Waals surface area (Å²) in [5.41, 5.74) is 0.306. The van der Waals surface area contributed by atoms with Crippen LogP contribution >= 0.6 is 0 Å². The maximum absolute atomic E-state index is 12.4. The van der Waals surface area contributed by atoms with E-state index >= 15 is 0 Å². The van der Waals surface area contributed by atoms with Crippen LogP contribution in [0.1, 0.15) is 30.1 Å². The molecule has 1 aliphatic heterocycles. The van der Waals surface area contributed by atoms with E-state index in [9.17, 15) is 27.6 Å². The molecule has 1 N–H and O–H groups in total. The van der Waals surface area contributed by atoms with Gasteiger partial charge in [0.2, 0.25) is 0 Å². The van der Waals surface area contributed by atoms with Gasteiger partial charge >= 0.3 is 18.2 Å². The molecule has 1 heterocycles. The van der Waals surface area contributed by atoms with Crippen molar-refractivity contribution < 1.29 is 37.0 Å². The molecule has 0 bridgehead atoms. The molecule has 1 saturated heterocycles. The highest BCUT2D eigenvalue weighted by Gasteiger charge is 2.43. The molecule has 0 saturated carbocycles. The smallest absolute Gasteiger partial charge is 0.434 e. The van der Waals surface area contributed by atoms with E-state index in [4.69, 9.17) is 4.74 Å². The number of piperidine rings is 1. The van der Waals surface area contributed by atoms with Crippen molar-refractivity contribution in [2.24, 2.45) is 0 Å². The third-order valence-corrected chi connectivity index (χ3v) is 3.94. The average Bonchev–Trinajstić information content (AvgIpc) is 2.61. The Bertz CT molecular complexity index is 683. The normalized spacial score (nSPS) is 15.2. The molecule has 1 aromatic rings. The predicted octanol–water partition coefficient (Wildman–Crippen LogP) is 2.51. The summed E-state index contributed by atoms with van der Waals surface area (Å²) in [6.07, 6.45) is -5.27. The summed E-state index contributed by atoms with van der Waals surface area (Å²) in [5.74, 6) is -2.05. The first-order valence-electron chi connectivity index (χ1n) is 8.32. The van der Waals surface area contributed by atoms with Crippen molar-refractivity contribution in [3.63, 3.8) is 0 Å². The zero-order valence-electron chi connectivity index (χ0n) is 14.5. The molecule has 0 unspecified atom stereocenters. The molecule has 1 fully saturated rings. The summed E-state index contributed by atoms with van der Waals surface area (Å²) in [6.45, 7) is 1.66. The van der Waals surface area contributed by atoms with Crippen LogP contribution < -0.4 is 10.1 Å². The van der Waals surface area contributed by atoms with E-state index in [0.717, 1.165) is 4.90 Å². The molecule has 1 aliphatic rings. The first-order chi connectivity index (χ1) is 12.7. The molecule has 7 nitrogen and oxygen atoms in total. The minimum atomic E-state index is -4.89. The SMILES string of the molecule is CCOC(=O)Oc1ccc(C(=O)NC2CCN(C(=O)C(F)(F)F)CC2)cc1. The fourth-order valence-electron chi connectivity index (χ4n) is 2.59. The van der Waals surface area contributed by atoms with Gasteiger partial charge in [-0.3, -0.25) is 9.59 Å². The van der Waals surface area contributed by atoms with Gasteiger partial charge in [0.05, 0.1) is 6.61 Å². The van der Waals surface area contributed by atoms with Crippen molar-refractivity contribution >= 4 is 18.0 Å². The number of nitrogens with zero attached hydrogens (tertiary/aromatic N) is 1. The lowest BCUT2D eigenvalue weighted by Crippen LogP contribution is -2.50. The van der Waals surface area contributed by atoms with Crippen LogP contribution in [0.4, 0.5) is 18.0 Å². The Morgan fingerprint density at radius 3 is 2.26 bits per heavy atom. The zero-order chi connectivity index (χ0) is 20.0. The number of halogens is 3. The third kappa shape index (κ3) is 5.87. The Balaban J connectivity index is 1.84. The number of hydrogen-bond donors (Lipinski definition) is 1. The van der Waals surface area contributed by atoms with Gasteiger partial charge < -0.3 is 19.7 Å². The Morgan fingerprint density at radius 1 is 1.15 bits per heavy atom. The Labute approximate surface area is 153 Å². The summed E-state index contributed by atoms with van der Waals surface area (Å²) in [5, 5.41) is 2.72. The molecule has 0 radical (unpaired) electrons. The average molecular weight is 388 g/mol. The predicted molar refractivity (Wildman–Crippen MR) is 87.2 cm³/mol. The van der Waals surface area contributed by atoms with Gasteiger partial charge in [0, 0.05) is 24.7 Å². The molecule has 0 aliphatic carbocycles. The molecular weight excluding hydrogens is 369 g/mol. The van der Waals surface area contributed by atoms with E-state index in [1.807, 2.05) is 0 Å². The highest BCUT2D eigenvalue weighted by molar-refractivity contribution is 5.94. The van der Waals surface area contributed by atoms with Gasteiger partial charge in [0.1, 0.15) is 5.75 Å². The highest BCUT2D eigenvalue weighted by atomic mass is 19.4. The van der Waals surface area contributed by atoms with Crippen molar-refractivity contribution in [2.45, 2.75) is 32.0 Å². The summed E-state index contributed by atoms with van der Waals surface area (Å²) in [6, 6.07) is 5.43. The molecule has 27 heavy (non-hydrogen) atoms. The standard InChI is InChI=1S/C17H19F3N2O5/c1-2-26-16(25)27-13-5-3-11(4-6-13)14(23)21-12-7-9-22(10-8-12)15(24)17(18,19)20/h3-6,12H,2,7-10H2,1H3,(H,21,23). The summed E-state index contributed by atoms with van der Waals surface area (Å²) >= 11 is 0. The fourth-order valence-corrected chi connectivity index (χ4v) is 2.59. The minimum Gasteiger partial charge on any atom is -0.434 e. The second kappa shape index (κ2) is 8.74. The van der Waals surface area contributed by atoms with Gasteiger partial charge in [-0.2, -0.15) is 13.2 Å². The largest absolute Gasteiger partial charge is 0.513 e. The summed E-state index contributed by atoms with van der Waals surface area (Å²) in [7, 11) is 0. The fraction of sp³-hybridized carbons (Fsp3) is 0.471. The van der Waals surface area contributed by atoms with Crippen molar-refractivity contribution in [2.75, 3.05) is 19.7 Å². The topological polar surface area (TPSA) is 84.9 Å². The molecule has 0 aromatic heterocycles. The van der Waals surface area contributed by atoms with Crippen LogP contribution in [-0.2, 0) is 9.53 Å². The molecular formula is C17H19F3N2O5. The van der Waals surface area contributed by atoms with Crippen LogP contribution in [0.15, 0.2) is 24.3 Å². The summed E-state index contributed by atoms with van der Waals surface area (Å²) in [4.78, 5) is 35.4. The van der Waals surface area contributed by atoms with Crippen molar-refractivity contribution in [3.05, 3.63) is 29.8 Å². The quantitative estimate of drug-likeness (QED) is 0.633. The highest BCUT2D eigenvalue weighted by Crippen LogP contribution is 2.22. The van der Waals surface area contributed by atoms with E-state index < -0.39 is 24.1 Å². The Hall–Kier alpha value is -2.78. The van der Waals surface area contributed by atoms with Gasteiger partial charge in [-0.25, -0.2) is 4.79 Å². The Morgan fingerprint density at radius 2 is 1.74 bits per heavy atom. The lowest BCUT2D eigenvalue weighted by Gasteiger charge is -2.32. The van der Waals surface area contributed by atoms with Crippen molar-refractivity contribution in [3.8, 4) is 5.75 Å². The second-order valence-electron chi connectivity index (χ2n) is 5.85. The van der Waals surface area contributed by atoms with E-state index in [2.05, 4.69) is 10.1 Å². The van der Waals surface area contributed by atoms with E-state index in [1.54, 1.807) is 6.92 Å². The second-order valence-corrected chi connectivity index (χ2v) is 5.85. The number of likely N-dealkylation sites (tertiary alicyclic amines) is 1. The number of carbonyl (C=O) groups is 3. The monoisotopic (exact) mass is 388 g/mol. The molecule has 0 spiro atoms. The van der Waals surface area contributed by atoms with Crippen LogP contribution in [0.3, 0.4) is 0 Å². The number of benzene rings is 1. The lowest BCUT2D eigenvalue weighted by atomic mass is 10.0. The van der Waals surface area contributed by atoms with Crippen molar-refractivity contribution in [1.82, 2.24) is 10.2 Å². The number of ether oxygens (including phenoxy) is 2. The van der Waals surface area contributed by atoms with Gasteiger partial charge in [0.15, 0.2) is 0 Å². The van der Waals surface area contributed by atoms with Gasteiger partial charge in [0.25, 0.3) is 5.91 Å². The zero-order valence-corrected chi connectivity index (χ0v) is 14.5. The number of hydrogen-bond acceptors (Lipinski definition) is 5. The Kier molecular flexibility index (Phi) is 6.65. The number of carbonyl (C=O) groups excluding carboxylic acids is 3. The molecule has 2 rings (SSSR count). The molecule has 10 heteroatoms. The lowest BCUT2D eigenvalue weighted by molar-refractivity contribution is -0.186. The van der Waals surface area contributed by atoms with Crippen LogP contribution in [-0.4, -0.2) is 54.8 Å². The first-order valence-corrected chi connectivity index (χ1v) is 8.32. The maximum Gasteiger partial charge on any atom is 0.513 e. The van der Waals surface area contributed by atoms with Crippen LogP contribution in [0.25, 0.3) is 0 Å². The maximum atomic E-state index is 12.4. The third-order valence-electron chi connectivity index (χ3n) is 3.94. The number of rotatable bonds is 4. The minimum absolute atomic E-state index is 0.0738. The molecule has 2 amide bonds. The van der Waals surface area contributed by atoms with Gasteiger partial charge in [-0.05, 0) is 44.0 Å². The number of alkyl halides is 3. The van der Waals surface area contributed by atoms with Crippen molar-refractivity contribution in [1.29, 1.82) is 0 Å². The van der Waals surface area contributed by atoms with E-state index in [1.165, 1.54) is 24.3 Å². The van der Waals surface area contributed by atoms with Crippen LogP contribution in [0.5, 0.6) is 5.75 Å². The number of amides is 2. The van der Waals surface area contributed by atoms with E-state index in [0.29, 0.717) is 5.56 Å².